The number of nitrogens with zero attached hydrogens (tertiary/aromatic N) is 1. The fraction of sp³-hybridized carbons (Fsp3) is 0.571. The molecule has 1 fully saturated rings. The molecule has 1 saturated carbocycles. The Morgan fingerprint density at radius 3 is 2.58 bits per heavy atom. The number of alkyl halides is 2. The van der Waals surface area contributed by atoms with Gasteiger partial charge in [-0.25, -0.2) is 13.8 Å². The summed E-state index contributed by atoms with van der Waals surface area (Å²) < 4.78 is 33.3. The topological polar surface area (TPSA) is 83.5 Å². The summed E-state index contributed by atoms with van der Waals surface area (Å²) in [6.07, 6.45) is 2.77. The molecule has 1 aromatic carbocycles. The summed E-state index contributed by atoms with van der Waals surface area (Å²) in [7, 11) is 0. The van der Waals surface area contributed by atoms with Crippen molar-refractivity contribution in [1.82, 2.24) is 15.6 Å². The van der Waals surface area contributed by atoms with E-state index in [1.807, 2.05) is 36.4 Å². The van der Waals surface area contributed by atoms with Crippen LogP contribution in [0.15, 0.2) is 42.6 Å². The van der Waals surface area contributed by atoms with E-state index in [0.717, 1.165) is 42.4 Å². The van der Waals surface area contributed by atoms with Crippen molar-refractivity contribution in [3.63, 3.8) is 0 Å². The first-order valence-corrected chi connectivity index (χ1v) is 12.8. The van der Waals surface area contributed by atoms with Gasteiger partial charge < -0.3 is 20.5 Å². The third kappa shape index (κ3) is 6.21. The van der Waals surface area contributed by atoms with Gasteiger partial charge in [-0.2, -0.15) is 0 Å². The number of amides is 1. The number of nitrogens with one attached hydrogen (secondary N) is 2. The number of benzene rings is 1. The van der Waals surface area contributed by atoms with Crippen molar-refractivity contribution in [2.45, 2.75) is 89.5 Å². The number of hydrogen-bond donors (Lipinski definition) is 3. The molecule has 2 aliphatic rings. The minimum atomic E-state index is -2.44. The molecule has 3 N–H and O–H groups in total. The average molecular weight is 502 g/mol. The molecule has 0 unspecified atom stereocenters. The molecule has 1 amide bonds. The number of carbonyl (C=O) groups is 1. The Hall–Kier alpha value is -2.58. The van der Waals surface area contributed by atoms with E-state index in [1.165, 1.54) is 6.92 Å². The van der Waals surface area contributed by atoms with Crippen LogP contribution in [0.5, 0.6) is 5.88 Å². The Balaban J connectivity index is 1.51. The molecule has 196 valence electrons. The minimum absolute atomic E-state index is 0.138. The molecule has 1 aliphatic heterocycles. The summed E-state index contributed by atoms with van der Waals surface area (Å²) in [6.45, 7) is 4.81. The lowest BCUT2D eigenvalue weighted by Crippen LogP contribution is -2.52. The zero-order valence-electron chi connectivity index (χ0n) is 21.3. The summed E-state index contributed by atoms with van der Waals surface area (Å²) in [4.78, 5) is 16.3. The fourth-order valence-electron chi connectivity index (χ4n) is 5.16. The highest BCUT2D eigenvalue weighted by atomic mass is 19.3. The van der Waals surface area contributed by atoms with Crippen LogP contribution in [0, 0.1) is 5.41 Å². The van der Waals surface area contributed by atoms with Crippen molar-refractivity contribution in [2.75, 3.05) is 6.54 Å². The standard InChI is InChI=1S/C28H37F2N3O3/c1-18(34)33-22(13-19-8-5-4-6-9-19)24(35)17-31-23-15-28(10-7-11-28)36-25-21(23)12-20(16-32-25)14-27(2,3)26(29)30/h4-6,8-9,12,16,22-24,26,31,35H,7,10-11,13-15,17H2,1-3H3,(H,33,34)/t22-,23-,24+/m0/s1. The summed E-state index contributed by atoms with van der Waals surface area (Å²) >= 11 is 0. The van der Waals surface area contributed by atoms with Crippen LogP contribution in [0.2, 0.25) is 0 Å². The van der Waals surface area contributed by atoms with Crippen LogP contribution in [0.4, 0.5) is 8.78 Å². The largest absolute Gasteiger partial charge is 0.471 e. The SMILES string of the molecule is CC(=O)N[C@@H](Cc1ccccc1)[C@H](O)CN[C@H]1CC2(CCC2)Oc2ncc(CC(C)(C)C(F)F)cc21. The molecule has 1 spiro atoms. The highest BCUT2D eigenvalue weighted by Crippen LogP contribution is 2.48. The Morgan fingerprint density at radius 2 is 1.97 bits per heavy atom. The van der Waals surface area contributed by atoms with Gasteiger partial charge in [0.2, 0.25) is 18.2 Å². The van der Waals surface area contributed by atoms with E-state index in [-0.39, 0.29) is 30.5 Å². The second kappa shape index (κ2) is 10.8. The molecule has 2 heterocycles. The quantitative estimate of drug-likeness (QED) is 0.451. The van der Waals surface area contributed by atoms with Crippen molar-refractivity contribution in [3.05, 3.63) is 59.3 Å². The number of rotatable bonds is 10. The zero-order chi connectivity index (χ0) is 25.9. The summed E-state index contributed by atoms with van der Waals surface area (Å²) in [5.74, 6) is 0.338. The predicted molar refractivity (Wildman–Crippen MR) is 134 cm³/mol. The Labute approximate surface area is 211 Å². The molecule has 2 aromatic rings. The highest BCUT2D eigenvalue weighted by Gasteiger charge is 2.46. The van der Waals surface area contributed by atoms with Gasteiger partial charge in [-0.1, -0.05) is 44.2 Å². The molecule has 1 aromatic heterocycles. The van der Waals surface area contributed by atoms with Gasteiger partial charge in [0.05, 0.1) is 12.1 Å². The lowest BCUT2D eigenvalue weighted by atomic mass is 9.73. The van der Waals surface area contributed by atoms with Gasteiger partial charge in [0.25, 0.3) is 0 Å². The number of aliphatic hydroxyl groups excluding tert-OH is 1. The lowest BCUT2D eigenvalue weighted by Gasteiger charge is -2.47. The van der Waals surface area contributed by atoms with Gasteiger partial charge in [0, 0.05) is 43.1 Å². The summed E-state index contributed by atoms with van der Waals surface area (Å²) in [6, 6.07) is 11.1. The normalized spacial score (nSPS) is 20.2. The molecule has 0 radical (unpaired) electrons. The van der Waals surface area contributed by atoms with Crippen LogP contribution < -0.4 is 15.4 Å². The van der Waals surface area contributed by atoms with Crippen LogP contribution in [0.3, 0.4) is 0 Å². The maximum atomic E-state index is 13.5. The van der Waals surface area contributed by atoms with Crippen molar-refractivity contribution >= 4 is 5.91 Å². The number of hydrogen-bond acceptors (Lipinski definition) is 5. The van der Waals surface area contributed by atoms with Crippen molar-refractivity contribution < 1.29 is 23.4 Å². The maximum Gasteiger partial charge on any atom is 0.243 e. The maximum absolute atomic E-state index is 13.5. The molecular formula is C28H37F2N3O3. The number of aromatic nitrogens is 1. The highest BCUT2D eigenvalue weighted by molar-refractivity contribution is 5.73. The first-order valence-electron chi connectivity index (χ1n) is 12.8. The first kappa shape index (κ1) is 26.5. The molecule has 0 bridgehead atoms. The Bertz CT molecular complexity index is 1040. The predicted octanol–water partition coefficient (Wildman–Crippen LogP) is 4.36. The molecule has 8 heteroatoms. The van der Waals surface area contributed by atoms with Crippen LogP contribution >= 0.6 is 0 Å². The fourth-order valence-corrected chi connectivity index (χ4v) is 5.16. The van der Waals surface area contributed by atoms with E-state index in [0.29, 0.717) is 12.3 Å². The monoisotopic (exact) mass is 501 g/mol. The van der Waals surface area contributed by atoms with Gasteiger partial charge in [0.1, 0.15) is 5.60 Å². The van der Waals surface area contributed by atoms with E-state index in [4.69, 9.17) is 4.74 Å². The lowest BCUT2D eigenvalue weighted by molar-refractivity contribution is -0.120. The first-order chi connectivity index (χ1) is 17.1. The van der Waals surface area contributed by atoms with Gasteiger partial charge in [-0.05, 0) is 49.3 Å². The van der Waals surface area contributed by atoms with Crippen molar-refractivity contribution in [1.29, 1.82) is 0 Å². The van der Waals surface area contributed by atoms with E-state index in [2.05, 4.69) is 15.6 Å². The van der Waals surface area contributed by atoms with E-state index >= 15 is 0 Å². The second-order valence-electron chi connectivity index (χ2n) is 11.1. The average Bonchev–Trinajstić information content (AvgIpc) is 2.81. The third-order valence-electron chi connectivity index (χ3n) is 7.44. The zero-order valence-corrected chi connectivity index (χ0v) is 21.3. The molecular weight excluding hydrogens is 464 g/mol. The number of aliphatic hydroxyl groups is 1. The van der Waals surface area contributed by atoms with E-state index < -0.39 is 24.0 Å². The second-order valence-corrected chi connectivity index (χ2v) is 11.1. The Kier molecular flexibility index (Phi) is 7.95. The molecule has 6 nitrogen and oxygen atoms in total. The molecule has 3 atom stereocenters. The van der Waals surface area contributed by atoms with E-state index in [1.54, 1.807) is 20.0 Å². The number of ether oxygens (including phenoxy) is 1. The van der Waals surface area contributed by atoms with Crippen LogP contribution in [0.1, 0.15) is 69.2 Å². The van der Waals surface area contributed by atoms with Gasteiger partial charge >= 0.3 is 0 Å². The van der Waals surface area contributed by atoms with E-state index in [9.17, 15) is 18.7 Å². The molecule has 1 aliphatic carbocycles. The summed E-state index contributed by atoms with van der Waals surface area (Å²) in [5.41, 5.74) is 1.16. The number of halogens is 2. The van der Waals surface area contributed by atoms with Gasteiger partial charge in [-0.3, -0.25) is 4.79 Å². The van der Waals surface area contributed by atoms with Crippen LogP contribution in [-0.2, 0) is 17.6 Å². The molecule has 36 heavy (non-hydrogen) atoms. The number of carbonyl (C=O) groups excluding carboxylic acids is 1. The summed E-state index contributed by atoms with van der Waals surface area (Å²) in [5, 5.41) is 17.4. The van der Waals surface area contributed by atoms with Gasteiger partial charge in [-0.15, -0.1) is 0 Å². The van der Waals surface area contributed by atoms with Crippen molar-refractivity contribution in [3.8, 4) is 5.88 Å². The molecule has 0 saturated heterocycles. The van der Waals surface area contributed by atoms with Gasteiger partial charge in [0.15, 0.2) is 0 Å². The number of fused-ring (bicyclic) bond motifs is 1. The van der Waals surface area contributed by atoms with Crippen LogP contribution in [-0.4, -0.2) is 46.7 Å². The van der Waals surface area contributed by atoms with Crippen LogP contribution in [0.25, 0.3) is 0 Å². The smallest absolute Gasteiger partial charge is 0.243 e. The Morgan fingerprint density at radius 1 is 1.25 bits per heavy atom. The number of pyridine rings is 1. The molecule has 4 rings (SSSR count). The minimum Gasteiger partial charge on any atom is -0.471 e. The van der Waals surface area contributed by atoms with Crippen molar-refractivity contribution in [2.24, 2.45) is 5.41 Å². The third-order valence-corrected chi connectivity index (χ3v) is 7.44.